The van der Waals surface area contributed by atoms with Crippen molar-refractivity contribution in [3.8, 4) is 0 Å². The Labute approximate surface area is 145 Å². The predicted octanol–water partition coefficient (Wildman–Crippen LogP) is 4.30. The quantitative estimate of drug-likeness (QED) is 0.559. The predicted molar refractivity (Wildman–Crippen MR) is 95.7 cm³/mol. The second-order valence-corrected chi connectivity index (χ2v) is 7.59. The number of allylic oxidation sites excluding steroid dienone is 2. The Morgan fingerprint density at radius 1 is 1.08 bits per heavy atom. The maximum atomic E-state index is 12.1. The van der Waals surface area contributed by atoms with E-state index >= 15 is 0 Å². The van der Waals surface area contributed by atoms with Gasteiger partial charge in [0.15, 0.2) is 0 Å². The van der Waals surface area contributed by atoms with E-state index in [1.165, 1.54) is 62.6 Å². The minimum Gasteiger partial charge on any atom is -0.296 e. The number of nitrogens with zero attached hydrogens (tertiary/aromatic N) is 1. The lowest BCUT2D eigenvalue weighted by molar-refractivity contribution is -0.134. The first-order chi connectivity index (χ1) is 11.7. The van der Waals surface area contributed by atoms with Gasteiger partial charge in [-0.25, -0.2) is 0 Å². The molecule has 3 rings (SSSR count). The monoisotopic (exact) mass is 330 g/mol. The van der Waals surface area contributed by atoms with Crippen LogP contribution in [0.25, 0.3) is 0 Å². The van der Waals surface area contributed by atoms with Crippen molar-refractivity contribution >= 4 is 17.5 Å². The summed E-state index contributed by atoms with van der Waals surface area (Å²) in [5.41, 5.74) is 3.59. The topological polar surface area (TPSA) is 58.5 Å². The number of imide groups is 1. The number of rotatable bonds is 7. The maximum absolute atomic E-state index is 12.1. The van der Waals surface area contributed by atoms with Crippen LogP contribution in [0, 0.1) is 11.8 Å². The molecule has 24 heavy (non-hydrogen) atoms. The maximum Gasteiger partial charge on any atom is 0.235 e. The summed E-state index contributed by atoms with van der Waals surface area (Å²) >= 11 is 0. The molecule has 132 valence electrons. The molecule has 0 aromatic heterocycles. The van der Waals surface area contributed by atoms with Gasteiger partial charge in [-0.1, -0.05) is 45.4 Å². The van der Waals surface area contributed by atoms with Crippen LogP contribution in [0.2, 0.25) is 0 Å². The molecule has 4 nitrogen and oxygen atoms in total. The average Bonchev–Trinajstić information content (AvgIpc) is 2.70. The van der Waals surface area contributed by atoms with Gasteiger partial charge >= 0.3 is 0 Å². The van der Waals surface area contributed by atoms with E-state index in [1.54, 1.807) is 0 Å². The second kappa shape index (κ2) is 8.09. The molecule has 0 spiro atoms. The highest BCUT2D eigenvalue weighted by Gasteiger charge is 2.38. The molecule has 2 heterocycles. The van der Waals surface area contributed by atoms with E-state index in [9.17, 15) is 9.59 Å². The smallest absolute Gasteiger partial charge is 0.235 e. The van der Waals surface area contributed by atoms with Crippen LogP contribution in [0.15, 0.2) is 16.3 Å². The number of hydrogen-bond acceptors (Lipinski definition) is 3. The molecule has 1 saturated heterocycles. The van der Waals surface area contributed by atoms with Crippen LogP contribution in [0.3, 0.4) is 0 Å². The van der Waals surface area contributed by atoms with Gasteiger partial charge in [-0.3, -0.25) is 19.9 Å². The zero-order chi connectivity index (χ0) is 16.9. The van der Waals surface area contributed by atoms with E-state index in [0.29, 0.717) is 12.8 Å². The molecule has 0 aromatic carbocycles. The van der Waals surface area contributed by atoms with Gasteiger partial charge in [0.1, 0.15) is 0 Å². The molecule has 2 aliphatic heterocycles. The van der Waals surface area contributed by atoms with Gasteiger partial charge in [-0.15, -0.1) is 0 Å². The van der Waals surface area contributed by atoms with Crippen LogP contribution >= 0.6 is 0 Å². The van der Waals surface area contributed by atoms with Crippen LogP contribution in [-0.4, -0.2) is 17.5 Å². The fourth-order valence-corrected chi connectivity index (χ4v) is 4.28. The summed E-state index contributed by atoms with van der Waals surface area (Å²) in [6.45, 7) is 2.26. The first-order valence-electron chi connectivity index (χ1n) is 9.83. The minimum absolute atomic E-state index is 0.142. The van der Waals surface area contributed by atoms with Crippen molar-refractivity contribution in [1.29, 1.82) is 0 Å². The van der Waals surface area contributed by atoms with Crippen molar-refractivity contribution in [3.05, 3.63) is 11.3 Å². The third-order valence-corrected chi connectivity index (χ3v) is 5.72. The Hall–Kier alpha value is -1.45. The largest absolute Gasteiger partial charge is 0.296 e. The molecule has 0 bridgehead atoms. The number of amides is 2. The molecule has 1 aliphatic carbocycles. The van der Waals surface area contributed by atoms with E-state index in [1.807, 2.05) is 0 Å². The molecule has 0 saturated carbocycles. The molecule has 1 fully saturated rings. The average molecular weight is 330 g/mol. The summed E-state index contributed by atoms with van der Waals surface area (Å²) in [4.78, 5) is 28.1. The van der Waals surface area contributed by atoms with E-state index in [-0.39, 0.29) is 17.7 Å². The van der Waals surface area contributed by atoms with Gasteiger partial charge in [0, 0.05) is 12.1 Å². The lowest BCUT2D eigenvalue weighted by Crippen LogP contribution is -2.45. The van der Waals surface area contributed by atoms with Gasteiger partial charge in [0.2, 0.25) is 11.8 Å². The summed E-state index contributed by atoms with van der Waals surface area (Å²) < 4.78 is 0. The number of aliphatic imine (C=N–C) groups is 1. The zero-order valence-electron chi connectivity index (χ0n) is 14.9. The SMILES string of the molecule is CCCCCCCC1CCCC2=C(C1)C(C1CCC(=O)NC1=O)=N2. The Morgan fingerprint density at radius 2 is 1.92 bits per heavy atom. The number of carbonyl (C=O) groups excluding carboxylic acids is 2. The lowest BCUT2D eigenvalue weighted by atomic mass is 9.81. The highest BCUT2D eigenvalue weighted by atomic mass is 16.2. The molecule has 0 radical (unpaired) electrons. The summed E-state index contributed by atoms with van der Waals surface area (Å²) in [6.07, 6.45) is 13.8. The van der Waals surface area contributed by atoms with Crippen molar-refractivity contribution in [2.24, 2.45) is 16.8 Å². The number of piperidine rings is 1. The Balaban J connectivity index is 1.53. The molecule has 1 N–H and O–H groups in total. The second-order valence-electron chi connectivity index (χ2n) is 7.59. The number of hydrogen-bond donors (Lipinski definition) is 1. The Bertz CT molecular complexity index is 562. The highest BCUT2D eigenvalue weighted by Crippen LogP contribution is 2.40. The molecular formula is C20H30N2O2. The third kappa shape index (κ3) is 3.96. The van der Waals surface area contributed by atoms with Gasteiger partial charge in [-0.05, 0) is 43.6 Å². The van der Waals surface area contributed by atoms with Crippen LogP contribution in [-0.2, 0) is 9.59 Å². The number of nitrogens with one attached hydrogen (secondary N) is 1. The molecular weight excluding hydrogens is 300 g/mol. The van der Waals surface area contributed by atoms with Crippen LogP contribution in [0.1, 0.15) is 84.0 Å². The summed E-state index contributed by atoms with van der Waals surface area (Å²) in [6, 6.07) is 0. The van der Waals surface area contributed by atoms with E-state index in [2.05, 4.69) is 17.2 Å². The number of unbranched alkanes of at least 4 members (excludes halogenated alkanes) is 4. The summed E-state index contributed by atoms with van der Waals surface area (Å²) in [7, 11) is 0. The lowest BCUT2D eigenvalue weighted by Gasteiger charge is -2.30. The van der Waals surface area contributed by atoms with Crippen LogP contribution in [0.5, 0.6) is 0 Å². The summed E-state index contributed by atoms with van der Waals surface area (Å²) in [5.74, 6) is 0.274. The fourth-order valence-electron chi connectivity index (χ4n) is 4.28. The first kappa shape index (κ1) is 17.4. The summed E-state index contributed by atoms with van der Waals surface area (Å²) in [5, 5.41) is 2.47. The fraction of sp³-hybridized carbons (Fsp3) is 0.750. The van der Waals surface area contributed by atoms with E-state index in [4.69, 9.17) is 0 Å². The highest BCUT2D eigenvalue weighted by molar-refractivity contribution is 6.19. The first-order valence-corrected chi connectivity index (χ1v) is 9.83. The zero-order valence-corrected chi connectivity index (χ0v) is 14.9. The van der Waals surface area contributed by atoms with Crippen molar-refractivity contribution in [2.75, 3.05) is 0 Å². The van der Waals surface area contributed by atoms with Crippen molar-refractivity contribution in [3.63, 3.8) is 0 Å². The van der Waals surface area contributed by atoms with Crippen LogP contribution in [0.4, 0.5) is 0 Å². The molecule has 0 aromatic rings. The van der Waals surface area contributed by atoms with Gasteiger partial charge < -0.3 is 0 Å². The van der Waals surface area contributed by atoms with Gasteiger partial charge in [0.05, 0.1) is 11.6 Å². The Morgan fingerprint density at radius 3 is 2.71 bits per heavy atom. The molecule has 4 heteroatoms. The normalized spacial score (nSPS) is 27.1. The Kier molecular flexibility index (Phi) is 5.85. The minimum atomic E-state index is -0.190. The van der Waals surface area contributed by atoms with Gasteiger partial charge in [0.25, 0.3) is 0 Å². The van der Waals surface area contributed by atoms with Crippen LogP contribution < -0.4 is 5.32 Å². The molecule has 2 atom stereocenters. The molecule has 2 amide bonds. The van der Waals surface area contributed by atoms with E-state index < -0.39 is 0 Å². The molecule has 3 aliphatic rings. The van der Waals surface area contributed by atoms with E-state index in [0.717, 1.165) is 24.5 Å². The molecule has 2 unspecified atom stereocenters. The van der Waals surface area contributed by atoms with Crippen molar-refractivity contribution in [2.45, 2.75) is 84.0 Å². The van der Waals surface area contributed by atoms with Gasteiger partial charge in [-0.2, -0.15) is 0 Å². The standard InChI is InChI=1S/C20H30N2O2/c1-2-3-4-5-6-8-14-9-7-10-17-16(13-14)19(21-17)15-11-12-18(23)22-20(15)24/h14-15H,2-13H2,1H3,(H,22,23,24). The third-order valence-electron chi connectivity index (χ3n) is 5.72. The number of carbonyl (C=O) groups is 2. The van der Waals surface area contributed by atoms with Crippen molar-refractivity contribution in [1.82, 2.24) is 5.32 Å². The van der Waals surface area contributed by atoms with Crippen molar-refractivity contribution < 1.29 is 9.59 Å².